The second kappa shape index (κ2) is 9.03. The van der Waals surface area contributed by atoms with Crippen molar-refractivity contribution in [2.24, 2.45) is 16.2 Å². The Labute approximate surface area is 191 Å². The summed E-state index contributed by atoms with van der Waals surface area (Å²) >= 11 is 3.53. The lowest BCUT2D eigenvalue weighted by Gasteiger charge is -2.22. The van der Waals surface area contributed by atoms with Crippen molar-refractivity contribution in [2.45, 2.75) is 13.0 Å². The molecule has 0 bridgehead atoms. The molecule has 0 fully saturated rings. The minimum Gasteiger partial charge on any atom is -0.492 e. The van der Waals surface area contributed by atoms with Gasteiger partial charge in [-0.3, -0.25) is 4.79 Å². The number of hydrazone groups is 1. The van der Waals surface area contributed by atoms with Gasteiger partial charge in [-0.25, -0.2) is 9.82 Å². The number of amides is 1. The molecule has 11 heteroatoms. The second-order valence-electron chi connectivity index (χ2n) is 6.87. The van der Waals surface area contributed by atoms with E-state index >= 15 is 0 Å². The lowest BCUT2D eigenvalue weighted by molar-refractivity contribution is -0.115. The van der Waals surface area contributed by atoms with Gasteiger partial charge in [-0.05, 0) is 22.0 Å². The van der Waals surface area contributed by atoms with Crippen LogP contribution in [0.15, 0.2) is 39.0 Å². The highest BCUT2D eigenvalue weighted by molar-refractivity contribution is 9.10. The van der Waals surface area contributed by atoms with Crippen molar-refractivity contribution >= 4 is 33.8 Å². The van der Waals surface area contributed by atoms with Gasteiger partial charge in [-0.15, -0.1) is 0 Å². The Bertz CT molecular complexity index is 1120. The summed E-state index contributed by atoms with van der Waals surface area (Å²) in [6.07, 6.45) is 0.535. The van der Waals surface area contributed by atoms with Crippen LogP contribution in [0.3, 0.4) is 0 Å². The summed E-state index contributed by atoms with van der Waals surface area (Å²) in [4.78, 5) is 18.2. The minimum absolute atomic E-state index is 0.0299. The Morgan fingerprint density at radius 3 is 2.69 bits per heavy atom. The molecule has 0 unspecified atom stereocenters. The third kappa shape index (κ3) is 3.72. The fourth-order valence-electron chi connectivity index (χ4n) is 3.48. The van der Waals surface area contributed by atoms with Gasteiger partial charge < -0.3 is 23.8 Å². The molecule has 168 valence electrons. The van der Waals surface area contributed by atoms with E-state index in [1.165, 1.54) is 32.6 Å². The van der Waals surface area contributed by atoms with Crippen LogP contribution in [0, 0.1) is 11.7 Å². The van der Waals surface area contributed by atoms with Gasteiger partial charge in [0.25, 0.3) is 5.91 Å². The summed E-state index contributed by atoms with van der Waals surface area (Å²) in [6.45, 7) is 1.81. The van der Waals surface area contributed by atoms with E-state index in [2.05, 4.69) is 31.6 Å². The van der Waals surface area contributed by atoms with Crippen molar-refractivity contribution in [1.82, 2.24) is 5.43 Å². The molecule has 32 heavy (non-hydrogen) atoms. The largest absolute Gasteiger partial charge is 0.492 e. The standard InChI is InChI=1S/C21H19BrFN3O6/c1-10-15(21(27)25-24-8-11-6-4-5-7-12(11)23)26-32-16(10)13-14(22)18-20(31-9-30-18)19(29-3)17(13)28-2/h4-8,10,16H,9H2,1-3H3,(H,25,27)/b24-8-/t10-,16+/m0/s1. The van der Waals surface area contributed by atoms with Crippen LogP contribution in [0.25, 0.3) is 0 Å². The number of rotatable bonds is 6. The van der Waals surface area contributed by atoms with Crippen LogP contribution >= 0.6 is 15.9 Å². The minimum atomic E-state index is -0.681. The van der Waals surface area contributed by atoms with E-state index in [0.29, 0.717) is 33.0 Å². The molecule has 1 N–H and O–H groups in total. The van der Waals surface area contributed by atoms with Gasteiger partial charge in [0.2, 0.25) is 18.3 Å². The van der Waals surface area contributed by atoms with Gasteiger partial charge in [-0.2, -0.15) is 5.10 Å². The number of carbonyl (C=O) groups excluding carboxylic acids is 1. The highest BCUT2D eigenvalue weighted by atomic mass is 79.9. The number of nitrogens with one attached hydrogen (secondary N) is 1. The average Bonchev–Trinajstić information content (AvgIpc) is 3.42. The molecule has 2 heterocycles. The number of methoxy groups -OCH3 is 2. The highest BCUT2D eigenvalue weighted by Gasteiger charge is 2.42. The van der Waals surface area contributed by atoms with Crippen LogP contribution in [-0.2, 0) is 9.63 Å². The molecule has 0 aromatic heterocycles. The third-order valence-electron chi connectivity index (χ3n) is 5.06. The molecule has 2 aliphatic rings. The first-order valence-electron chi connectivity index (χ1n) is 9.52. The van der Waals surface area contributed by atoms with Gasteiger partial charge >= 0.3 is 0 Å². The summed E-state index contributed by atoms with van der Waals surface area (Å²) in [7, 11) is 2.97. The van der Waals surface area contributed by atoms with Crippen molar-refractivity contribution in [3.63, 3.8) is 0 Å². The predicted molar refractivity (Wildman–Crippen MR) is 116 cm³/mol. The molecule has 0 saturated heterocycles. The van der Waals surface area contributed by atoms with Crippen LogP contribution in [0.2, 0.25) is 0 Å². The number of benzene rings is 2. The van der Waals surface area contributed by atoms with Gasteiger partial charge in [-0.1, -0.05) is 30.3 Å². The average molecular weight is 508 g/mol. The van der Waals surface area contributed by atoms with Crippen molar-refractivity contribution in [3.05, 3.63) is 45.7 Å². The fourth-order valence-corrected chi connectivity index (χ4v) is 4.18. The van der Waals surface area contributed by atoms with Crippen molar-refractivity contribution < 1.29 is 33.0 Å². The molecule has 0 radical (unpaired) electrons. The predicted octanol–water partition coefficient (Wildman–Crippen LogP) is 3.55. The number of nitrogens with zero attached hydrogens (tertiary/aromatic N) is 2. The summed E-state index contributed by atoms with van der Waals surface area (Å²) in [6, 6.07) is 6.07. The topological polar surface area (TPSA) is 100.0 Å². The van der Waals surface area contributed by atoms with Gasteiger partial charge in [0, 0.05) is 5.56 Å². The molecular weight excluding hydrogens is 489 g/mol. The van der Waals surface area contributed by atoms with Crippen LogP contribution < -0.4 is 24.4 Å². The maximum absolute atomic E-state index is 13.7. The van der Waals surface area contributed by atoms with Gasteiger partial charge in [0.05, 0.1) is 36.4 Å². The molecular formula is C21H19BrFN3O6. The van der Waals surface area contributed by atoms with E-state index in [1.807, 2.05) is 0 Å². The normalized spacial score (nSPS) is 19.0. The van der Waals surface area contributed by atoms with E-state index in [0.717, 1.165) is 0 Å². The zero-order valence-corrected chi connectivity index (χ0v) is 18.9. The first kappa shape index (κ1) is 21.9. The first-order valence-corrected chi connectivity index (χ1v) is 10.3. The molecule has 4 rings (SSSR count). The summed E-state index contributed by atoms with van der Waals surface area (Å²) in [5.41, 5.74) is 3.27. The number of ether oxygens (including phenoxy) is 4. The van der Waals surface area contributed by atoms with Crippen molar-refractivity contribution in [3.8, 4) is 23.0 Å². The number of carbonyl (C=O) groups is 1. The molecule has 1 amide bonds. The number of fused-ring (bicyclic) bond motifs is 1. The van der Waals surface area contributed by atoms with Crippen LogP contribution in [0.1, 0.15) is 24.2 Å². The van der Waals surface area contributed by atoms with Crippen molar-refractivity contribution in [2.75, 3.05) is 21.0 Å². The Balaban J connectivity index is 1.56. The lowest BCUT2D eigenvalue weighted by atomic mass is 9.92. The van der Waals surface area contributed by atoms with E-state index in [9.17, 15) is 9.18 Å². The second-order valence-corrected chi connectivity index (χ2v) is 7.66. The Hall–Kier alpha value is -3.34. The van der Waals surface area contributed by atoms with E-state index < -0.39 is 23.7 Å². The number of oxime groups is 1. The number of halogens is 2. The van der Waals surface area contributed by atoms with E-state index in [4.69, 9.17) is 23.8 Å². The lowest BCUT2D eigenvalue weighted by Crippen LogP contribution is -2.31. The molecule has 2 atom stereocenters. The Morgan fingerprint density at radius 2 is 1.97 bits per heavy atom. The van der Waals surface area contributed by atoms with Gasteiger partial charge in [0.1, 0.15) is 5.82 Å². The molecule has 0 spiro atoms. The zero-order chi connectivity index (χ0) is 22.8. The smallest absolute Gasteiger partial charge is 0.289 e. The maximum atomic E-state index is 13.7. The molecule has 9 nitrogen and oxygen atoms in total. The fraction of sp³-hybridized carbons (Fsp3) is 0.286. The van der Waals surface area contributed by atoms with E-state index in [1.54, 1.807) is 19.1 Å². The zero-order valence-electron chi connectivity index (χ0n) is 17.3. The Kier molecular flexibility index (Phi) is 6.17. The number of hydrogen-bond acceptors (Lipinski definition) is 8. The quantitative estimate of drug-likeness (QED) is 0.474. The SMILES string of the molecule is COc1c2c(c(Br)c([C@@H]3ON=C(C(=O)N/N=C\c4ccccc4F)[C@@H]3C)c1OC)OCO2. The molecule has 0 aliphatic carbocycles. The summed E-state index contributed by atoms with van der Waals surface area (Å²) in [5, 5.41) is 7.76. The molecule has 2 aromatic carbocycles. The van der Waals surface area contributed by atoms with E-state index in [-0.39, 0.29) is 18.1 Å². The monoisotopic (exact) mass is 507 g/mol. The molecule has 0 saturated carbocycles. The molecule has 2 aliphatic heterocycles. The van der Waals surface area contributed by atoms with Gasteiger partial charge in [0.15, 0.2) is 23.3 Å². The van der Waals surface area contributed by atoms with Crippen LogP contribution in [-0.4, -0.2) is 38.8 Å². The molecule has 2 aromatic rings. The number of hydrogen-bond donors (Lipinski definition) is 1. The summed E-state index contributed by atoms with van der Waals surface area (Å²) in [5.74, 6) is 0.0719. The third-order valence-corrected chi connectivity index (χ3v) is 5.84. The highest BCUT2D eigenvalue weighted by Crippen LogP contribution is 2.57. The van der Waals surface area contributed by atoms with Crippen LogP contribution in [0.5, 0.6) is 23.0 Å². The summed E-state index contributed by atoms with van der Waals surface area (Å²) < 4.78 is 36.4. The maximum Gasteiger partial charge on any atom is 0.289 e. The van der Waals surface area contributed by atoms with Crippen LogP contribution in [0.4, 0.5) is 4.39 Å². The Morgan fingerprint density at radius 1 is 1.25 bits per heavy atom. The van der Waals surface area contributed by atoms with Crippen molar-refractivity contribution in [1.29, 1.82) is 0 Å². The first-order chi connectivity index (χ1) is 15.5.